The molecule has 0 unspecified atom stereocenters. The van der Waals surface area contributed by atoms with Gasteiger partial charge in [0, 0.05) is 30.2 Å². The summed E-state index contributed by atoms with van der Waals surface area (Å²) in [7, 11) is 1.90. The van der Waals surface area contributed by atoms with Crippen LogP contribution in [0.15, 0.2) is 36.5 Å². The fourth-order valence-corrected chi connectivity index (χ4v) is 3.27. The number of nitrogens with zero attached hydrogens (tertiary/aromatic N) is 5. The van der Waals surface area contributed by atoms with Crippen LogP contribution in [0.1, 0.15) is 35.1 Å². The smallest absolute Gasteiger partial charge is 0.102 e. The number of aromatic nitrogens is 3. The second-order valence-electron chi connectivity index (χ2n) is 6.00. The van der Waals surface area contributed by atoms with Crippen molar-refractivity contribution in [3.8, 4) is 23.3 Å². The van der Waals surface area contributed by atoms with Gasteiger partial charge in [-0.15, -0.1) is 0 Å². The Morgan fingerprint density at radius 2 is 1.80 bits per heavy atom. The lowest BCUT2D eigenvalue weighted by Crippen LogP contribution is -2.07. The van der Waals surface area contributed by atoms with E-state index in [0.29, 0.717) is 17.7 Å². The fraction of sp³-hybridized carbons (Fsp3) is 0.250. The summed E-state index contributed by atoms with van der Waals surface area (Å²) in [6.07, 6.45) is 2.69. The first-order valence-corrected chi connectivity index (χ1v) is 8.20. The second-order valence-corrected chi connectivity index (χ2v) is 6.00. The SMILES string of the molecule is CCc1c(C#N)c(-c2ccc(C#N)cc2)c(C)n1Cc1ccn(C)n1. The summed E-state index contributed by atoms with van der Waals surface area (Å²) < 4.78 is 3.96. The molecule has 0 aliphatic carbocycles. The van der Waals surface area contributed by atoms with Crippen molar-refractivity contribution >= 4 is 0 Å². The number of hydrogen-bond donors (Lipinski definition) is 0. The minimum atomic E-state index is 0.614. The molecule has 25 heavy (non-hydrogen) atoms. The van der Waals surface area contributed by atoms with Crippen LogP contribution < -0.4 is 0 Å². The van der Waals surface area contributed by atoms with Gasteiger partial charge in [-0.2, -0.15) is 15.6 Å². The zero-order chi connectivity index (χ0) is 18.0. The maximum atomic E-state index is 9.77. The van der Waals surface area contributed by atoms with Crippen LogP contribution >= 0.6 is 0 Å². The van der Waals surface area contributed by atoms with Gasteiger partial charge in [0.25, 0.3) is 0 Å². The third-order valence-corrected chi connectivity index (χ3v) is 4.47. The molecule has 0 spiro atoms. The molecule has 0 aliphatic rings. The summed E-state index contributed by atoms with van der Waals surface area (Å²) in [5.74, 6) is 0. The molecule has 5 nitrogen and oxygen atoms in total. The zero-order valence-electron chi connectivity index (χ0n) is 14.6. The molecule has 0 saturated heterocycles. The highest BCUT2D eigenvalue weighted by Crippen LogP contribution is 2.33. The summed E-state index contributed by atoms with van der Waals surface area (Å²) in [5.41, 5.74) is 6.26. The zero-order valence-corrected chi connectivity index (χ0v) is 14.6. The van der Waals surface area contributed by atoms with Gasteiger partial charge in [0.05, 0.1) is 29.4 Å². The van der Waals surface area contributed by atoms with E-state index >= 15 is 0 Å². The Morgan fingerprint density at radius 3 is 2.32 bits per heavy atom. The number of benzene rings is 1. The van der Waals surface area contributed by atoms with Crippen molar-refractivity contribution in [3.05, 3.63) is 64.7 Å². The summed E-state index contributed by atoms with van der Waals surface area (Å²) in [5, 5.41) is 23.2. The Bertz CT molecular complexity index is 991. The molecule has 0 saturated carbocycles. The van der Waals surface area contributed by atoms with Crippen LogP contribution in [0.25, 0.3) is 11.1 Å². The van der Waals surface area contributed by atoms with E-state index < -0.39 is 0 Å². The molecule has 5 heteroatoms. The van der Waals surface area contributed by atoms with E-state index in [-0.39, 0.29) is 0 Å². The van der Waals surface area contributed by atoms with Gasteiger partial charge in [0.1, 0.15) is 6.07 Å². The normalized spacial score (nSPS) is 10.4. The third-order valence-electron chi connectivity index (χ3n) is 4.47. The van der Waals surface area contributed by atoms with Gasteiger partial charge in [0.15, 0.2) is 0 Å². The summed E-state index contributed by atoms with van der Waals surface area (Å²) in [6, 6.07) is 13.9. The molecule has 1 aromatic carbocycles. The van der Waals surface area contributed by atoms with Gasteiger partial charge in [-0.1, -0.05) is 19.1 Å². The van der Waals surface area contributed by atoms with Crippen LogP contribution in [0.5, 0.6) is 0 Å². The van der Waals surface area contributed by atoms with Crippen molar-refractivity contribution in [2.24, 2.45) is 7.05 Å². The van der Waals surface area contributed by atoms with Crippen molar-refractivity contribution in [3.63, 3.8) is 0 Å². The first-order valence-electron chi connectivity index (χ1n) is 8.20. The first-order chi connectivity index (χ1) is 12.1. The third kappa shape index (κ3) is 2.93. The number of aryl methyl sites for hydroxylation is 1. The molecule has 3 rings (SSSR count). The van der Waals surface area contributed by atoms with Gasteiger partial charge < -0.3 is 4.57 Å². The van der Waals surface area contributed by atoms with Gasteiger partial charge >= 0.3 is 0 Å². The van der Waals surface area contributed by atoms with Crippen molar-refractivity contribution < 1.29 is 0 Å². The summed E-state index contributed by atoms with van der Waals surface area (Å²) >= 11 is 0. The largest absolute Gasteiger partial charge is 0.341 e. The minimum absolute atomic E-state index is 0.614. The lowest BCUT2D eigenvalue weighted by Gasteiger charge is -2.09. The molecule has 0 radical (unpaired) electrons. The fourth-order valence-electron chi connectivity index (χ4n) is 3.27. The average Bonchev–Trinajstić information content (AvgIpc) is 3.16. The first kappa shape index (κ1) is 16.5. The maximum absolute atomic E-state index is 9.77. The Morgan fingerprint density at radius 1 is 1.08 bits per heavy atom. The molecule has 0 amide bonds. The molecule has 0 aliphatic heterocycles. The average molecular weight is 329 g/mol. The van der Waals surface area contributed by atoms with E-state index in [1.807, 2.05) is 38.4 Å². The van der Waals surface area contributed by atoms with E-state index in [2.05, 4.69) is 28.7 Å². The lowest BCUT2D eigenvalue weighted by atomic mass is 9.99. The van der Waals surface area contributed by atoms with Crippen molar-refractivity contribution in [2.75, 3.05) is 0 Å². The lowest BCUT2D eigenvalue weighted by molar-refractivity contribution is 0.677. The maximum Gasteiger partial charge on any atom is 0.102 e. The molecule has 3 aromatic rings. The predicted octanol–water partition coefficient (Wildman–Crippen LogP) is 3.55. The minimum Gasteiger partial charge on any atom is -0.341 e. The Kier molecular flexibility index (Phi) is 4.41. The number of nitriles is 2. The topological polar surface area (TPSA) is 70.3 Å². The van der Waals surface area contributed by atoms with E-state index in [0.717, 1.165) is 34.6 Å². The van der Waals surface area contributed by atoms with Crippen LogP contribution in [-0.4, -0.2) is 14.3 Å². The van der Waals surface area contributed by atoms with E-state index in [1.54, 1.807) is 16.8 Å². The monoisotopic (exact) mass is 329 g/mol. The molecule has 0 bridgehead atoms. The van der Waals surface area contributed by atoms with E-state index in [4.69, 9.17) is 5.26 Å². The van der Waals surface area contributed by atoms with Crippen LogP contribution in [0.2, 0.25) is 0 Å². The highest BCUT2D eigenvalue weighted by Gasteiger charge is 2.21. The van der Waals surface area contributed by atoms with Crippen molar-refractivity contribution in [1.82, 2.24) is 14.3 Å². The van der Waals surface area contributed by atoms with E-state index in [1.165, 1.54) is 0 Å². The van der Waals surface area contributed by atoms with Gasteiger partial charge in [-0.05, 0) is 37.1 Å². The quantitative estimate of drug-likeness (QED) is 0.735. The van der Waals surface area contributed by atoms with E-state index in [9.17, 15) is 5.26 Å². The van der Waals surface area contributed by atoms with Crippen LogP contribution in [-0.2, 0) is 20.0 Å². The van der Waals surface area contributed by atoms with Gasteiger partial charge in [0.2, 0.25) is 0 Å². The summed E-state index contributed by atoms with van der Waals surface area (Å²) in [4.78, 5) is 0. The second kappa shape index (κ2) is 6.67. The molecule has 2 heterocycles. The van der Waals surface area contributed by atoms with Crippen LogP contribution in [0.4, 0.5) is 0 Å². The standard InChI is InChI=1S/C20H19N5/c1-4-19-18(12-22)20(16-7-5-15(11-21)6-8-16)14(2)25(19)13-17-9-10-24(3)23-17/h5-10H,4,13H2,1-3H3. The Balaban J connectivity index is 2.15. The number of hydrogen-bond acceptors (Lipinski definition) is 3. The van der Waals surface area contributed by atoms with Crippen molar-refractivity contribution in [2.45, 2.75) is 26.8 Å². The predicted molar refractivity (Wildman–Crippen MR) is 95.7 cm³/mol. The highest BCUT2D eigenvalue weighted by atomic mass is 15.3. The van der Waals surface area contributed by atoms with Crippen molar-refractivity contribution in [1.29, 1.82) is 10.5 Å². The van der Waals surface area contributed by atoms with Crippen LogP contribution in [0.3, 0.4) is 0 Å². The molecular weight excluding hydrogens is 310 g/mol. The molecule has 0 N–H and O–H groups in total. The summed E-state index contributed by atoms with van der Waals surface area (Å²) in [6.45, 7) is 4.74. The molecular formula is C20H19N5. The molecule has 124 valence electrons. The Labute approximate surface area is 147 Å². The van der Waals surface area contributed by atoms with Crippen LogP contribution in [0, 0.1) is 29.6 Å². The van der Waals surface area contributed by atoms with Gasteiger partial charge in [-0.25, -0.2) is 0 Å². The Hall–Kier alpha value is -3.31. The molecule has 0 fully saturated rings. The molecule has 0 atom stereocenters. The van der Waals surface area contributed by atoms with Gasteiger partial charge in [-0.3, -0.25) is 4.68 Å². The highest BCUT2D eigenvalue weighted by molar-refractivity contribution is 5.75. The number of rotatable bonds is 4. The molecule has 2 aromatic heterocycles.